The summed E-state index contributed by atoms with van der Waals surface area (Å²) < 4.78 is 4.34. The predicted molar refractivity (Wildman–Crippen MR) is 110 cm³/mol. The zero-order chi connectivity index (χ0) is 23.7. The van der Waals surface area contributed by atoms with Gasteiger partial charge < -0.3 is 7.90 Å². The first-order valence-electron chi connectivity index (χ1n) is 8.03. The lowest BCUT2D eigenvalue weighted by Crippen LogP contribution is -2.08. The van der Waals surface area contributed by atoms with E-state index < -0.39 is 71.9 Å². The molecule has 0 aromatic heterocycles. The van der Waals surface area contributed by atoms with E-state index in [9.17, 15) is 45.3 Å². The monoisotopic (exact) mass is 559 g/mol. The van der Waals surface area contributed by atoms with E-state index in [1.807, 2.05) is 0 Å². The Bertz CT molecular complexity index is 1180. The molecule has 1 aliphatic carbocycles. The molecule has 0 amide bonds. The number of fused-ring (bicyclic) bond motifs is 3. The topological polar surface area (TPSA) is 220 Å². The van der Waals surface area contributed by atoms with Gasteiger partial charge in [-0.05, 0) is 0 Å². The van der Waals surface area contributed by atoms with E-state index in [1.54, 1.807) is 0 Å². The summed E-state index contributed by atoms with van der Waals surface area (Å²) in [5.41, 5.74) is -5.03. The average Bonchev–Trinajstić information content (AvgIpc) is 3.05. The number of carbonyl (C=O) groups is 1. The Morgan fingerprint density at radius 1 is 0.812 bits per heavy atom. The van der Waals surface area contributed by atoms with E-state index in [0.29, 0.717) is 12.1 Å². The molecule has 0 radical (unpaired) electrons. The van der Waals surface area contributed by atoms with Crippen molar-refractivity contribution in [2.45, 2.75) is 0 Å². The molecule has 0 saturated carbocycles. The molecule has 0 N–H and O–H groups in total. The van der Waals surface area contributed by atoms with Crippen LogP contribution in [-0.2, 0) is 12.7 Å². The zero-order valence-electron chi connectivity index (χ0n) is 15.1. The molecule has 0 saturated heterocycles. The molecule has 0 aliphatic heterocycles. The lowest BCUT2D eigenvalue weighted by molar-refractivity contribution is -0.395. The summed E-state index contributed by atoms with van der Waals surface area (Å²) in [6.07, 6.45) is 0. The van der Waals surface area contributed by atoms with Crippen LogP contribution in [-0.4, -0.2) is 38.0 Å². The minimum absolute atomic E-state index is 0.313. The fourth-order valence-electron chi connectivity index (χ4n) is 3.04. The van der Waals surface area contributed by atoms with Gasteiger partial charge in [0.25, 0.3) is 22.7 Å². The number of non-ortho nitro benzene ring substituents is 2. The number of nitro groups is 4. The van der Waals surface area contributed by atoms with Crippen molar-refractivity contribution in [3.63, 3.8) is 0 Å². The minimum Gasteiger partial charge on any atom is -0.392 e. The van der Waals surface area contributed by atoms with Crippen LogP contribution in [0.25, 0.3) is 11.1 Å². The summed E-state index contributed by atoms with van der Waals surface area (Å²) in [7, 11) is 0. The normalized spacial score (nSPS) is 11.2. The van der Waals surface area contributed by atoms with Crippen molar-refractivity contribution >= 4 is 57.4 Å². The minimum atomic E-state index is -0.988. The van der Waals surface area contributed by atoms with Crippen LogP contribution in [0.15, 0.2) is 29.4 Å². The van der Waals surface area contributed by atoms with E-state index in [0.717, 1.165) is 12.1 Å². The van der Waals surface area contributed by atoms with Crippen molar-refractivity contribution in [2.24, 2.45) is 5.16 Å². The molecule has 0 unspecified atom stereocenters. The Labute approximate surface area is 188 Å². The van der Waals surface area contributed by atoms with E-state index in [-0.39, 0.29) is 11.1 Å². The second-order valence-electron chi connectivity index (χ2n) is 5.97. The molecule has 1 aliphatic rings. The van der Waals surface area contributed by atoms with Crippen LogP contribution in [0.2, 0.25) is 0 Å². The van der Waals surface area contributed by atoms with E-state index in [1.165, 1.54) is 23.0 Å². The first-order valence-corrected chi connectivity index (χ1v) is 8.91. The van der Waals surface area contributed by atoms with Crippen LogP contribution >= 0.6 is 23.0 Å². The SMILES string of the molecule is O=C(CON=C1c2cc([N+](=O)[O-])cc([N+](=O)[O-])c2-c2c1cc([N+](=O)[O-])cc2[N+](=O)[O-])OI. The summed E-state index contributed by atoms with van der Waals surface area (Å²) in [5.74, 6) is -0.886. The van der Waals surface area contributed by atoms with Gasteiger partial charge in [-0.1, -0.05) is 5.16 Å². The van der Waals surface area contributed by atoms with Crippen LogP contribution in [0.3, 0.4) is 0 Å². The fraction of sp³-hybridized carbons (Fsp3) is 0.0667. The summed E-state index contributed by atoms with van der Waals surface area (Å²) in [6.45, 7) is -0.745. The number of halogens is 1. The summed E-state index contributed by atoms with van der Waals surface area (Å²) in [4.78, 5) is 58.0. The number of rotatable bonds is 7. The van der Waals surface area contributed by atoms with Gasteiger partial charge in [-0.15, -0.1) is 0 Å². The average molecular weight is 559 g/mol. The number of nitro benzene ring substituents is 4. The van der Waals surface area contributed by atoms with Crippen molar-refractivity contribution in [3.05, 3.63) is 75.8 Å². The van der Waals surface area contributed by atoms with Crippen molar-refractivity contribution in [2.75, 3.05) is 6.61 Å². The number of nitrogens with zero attached hydrogens (tertiary/aromatic N) is 5. The molecule has 17 heteroatoms. The molecule has 32 heavy (non-hydrogen) atoms. The molecular formula is C15H6IN5O11. The maximum atomic E-state index is 11.6. The largest absolute Gasteiger partial charge is 0.392 e. The highest BCUT2D eigenvalue weighted by atomic mass is 127. The highest BCUT2D eigenvalue weighted by Crippen LogP contribution is 2.50. The smallest absolute Gasteiger partial charge is 0.356 e. The van der Waals surface area contributed by atoms with E-state index >= 15 is 0 Å². The Balaban J connectivity index is 2.42. The van der Waals surface area contributed by atoms with Gasteiger partial charge in [0, 0.05) is 23.3 Å². The van der Waals surface area contributed by atoms with Crippen LogP contribution < -0.4 is 0 Å². The van der Waals surface area contributed by atoms with Crippen molar-refractivity contribution in [1.82, 2.24) is 0 Å². The number of carbonyl (C=O) groups excluding carboxylic acids is 1. The summed E-state index contributed by atoms with van der Waals surface area (Å²) in [5, 5.41) is 49.4. The number of hydrogen-bond acceptors (Lipinski definition) is 12. The van der Waals surface area contributed by atoms with Crippen LogP contribution in [0.4, 0.5) is 22.7 Å². The molecular weight excluding hydrogens is 553 g/mol. The zero-order valence-corrected chi connectivity index (χ0v) is 17.3. The standard InChI is InChI=1S/C15H6IN5O11/c16-32-12(22)5-31-17-15-8-1-6(18(23)24)3-10(20(27)28)13(8)14-9(15)2-7(19(25)26)4-11(14)21(29)30/h1-4H,5H2. The Kier molecular flexibility index (Phi) is 5.91. The van der Waals surface area contributed by atoms with Crippen LogP contribution in [0.5, 0.6) is 0 Å². The van der Waals surface area contributed by atoms with Crippen molar-refractivity contribution < 1.29 is 32.4 Å². The van der Waals surface area contributed by atoms with Gasteiger partial charge in [-0.2, -0.15) is 0 Å². The number of hydrogen-bond donors (Lipinski definition) is 0. The third-order valence-corrected chi connectivity index (χ3v) is 4.70. The van der Waals surface area contributed by atoms with Crippen molar-refractivity contribution in [1.29, 1.82) is 0 Å². The number of oxime groups is 1. The molecule has 16 nitrogen and oxygen atoms in total. The highest BCUT2D eigenvalue weighted by Gasteiger charge is 2.41. The lowest BCUT2D eigenvalue weighted by atomic mass is 10.0. The van der Waals surface area contributed by atoms with Gasteiger partial charge in [-0.3, -0.25) is 40.5 Å². The van der Waals surface area contributed by atoms with Gasteiger partial charge in [-0.25, -0.2) is 4.79 Å². The van der Waals surface area contributed by atoms with Gasteiger partial charge in [0.1, 0.15) is 5.71 Å². The van der Waals surface area contributed by atoms with Gasteiger partial charge in [0.15, 0.2) is 23.0 Å². The molecule has 164 valence electrons. The van der Waals surface area contributed by atoms with Gasteiger partial charge in [0.2, 0.25) is 6.61 Å². The third-order valence-electron chi connectivity index (χ3n) is 4.20. The first-order chi connectivity index (χ1) is 15.1. The van der Waals surface area contributed by atoms with Crippen molar-refractivity contribution in [3.8, 4) is 11.1 Å². The maximum absolute atomic E-state index is 11.6. The second kappa shape index (κ2) is 8.45. The highest BCUT2D eigenvalue weighted by molar-refractivity contribution is 14.1. The fourth-order valence-corrected chi connectivity index (χ4v) is 3.16. The first kappa shape index (κ1) is 22.4. The van der Waals surface area contributed by atoms with Gasteiger partial charge >= 0.3 is 5.97 Å². The van der Waals surface area contributed by atoms with E-state index in [2.05, 4.69) is 8.22 Å². The van der Waals surface area contributed by atoms with Gasteiger partial charge in [0.05, 0.1) is 43.0 Å². The van der Waals surface area contributed by atoms with Crippen LogP contribution in [0, 0.1) is 40.5 Å². The molecule has 3 rings (SSSR count). The summed E-state index contributed by atoms with van der Waals surface area (Å²) >= 11 is 1.27. The second-order valence-corrected chi connectivity index (χ2v) is 6.41. The lowest BCUT2D eigenvalue weighted by Gasteiger charge is -2.03. The molecule has 0 heterocycles. The molecule has 0 fully saturated rings. The Morgan fingerprint density at radius 3 is 1.59 bits per heavy atom. The molecule has 2 aromatic carbocycles. The number of benzene rings is 2. The molecule has 2 aromatic rings. The maximum Gasteiger partial charge on any atom is 0.356 e. The Morgan fingerprint density at radius 2 is 1.25 bits per heavy atom. The quantitative estimate of drug-likeness (QED) is 0.233. The van der Waals surface area contributed by atoms with E-state index in [4.69, 9.17) is 4.84 Å². The molecule has 0 spiro atoms. The molecule has 0 atom stereocenters. The summed E-state index contributed by atoms with van der Waals surface area (Å²) in [6, 6.07) is 2.92. The molecule has 0 bridgehead atoms. The third kappa shape index (κ3) is 3.87. The predicted octanol–water partition coefficient (Wildman–Crippen LogP) is 2.96. The van der Waals surface area contributed by atoms with Crippen LogP contribution in [0.1, 0.15) is 11.1 Å². The Hall–Kier alpha value is -4.29.